The molecule has 2 rings (SSSR count). The monoisotopic (exact) mass is 281 g/mol. The van der Waals surface area contributed by atoms with E-state index in [2.05, 4.69) is 15.8 Å². The quantitative estimate of drug-likeness (QED) is 0.500. The summed E-state index contributed by atoms with van der Waals surface area (Å²) in [5.41, 5.74) is 6.85. The van der Waals surface area contributed by atoms with Gasteiger partial charge in [-0.2, -0.15) is 0 Å². The molecule has 5 nitrogen and oxygen atoms in total. The zero-order valence-electron chi connectivity index (χ0n) is 11.5. The first-order valence-corrected chi connectivity index (χ1v) is 6.41. The van der Waals surface area contributed by atoms with E-state index >= 15 is 0 Å². The number of carbonyl (C=O) groups excluding carboxylic acids is 2. The van der Waals surface area contributed by atoms with E-state index in [9.17, 15) is 9.59 Å². The van der Waals surface area contributed by atoms with Crippen LogP contribution in [0.3, 0.4) is 0 Å². The van der Waals surface area contributed by atoms with Gasteiger partial charge in [-0.05, 0) is 19.1 Å². The van der Waals surface area contributed by atoms with E-state index in [0.29, 0.717) is 16.8 Å². The van der Waals surface area contributed by atoms with Gasteiger partial charge in [-0.15, -0.1) is 0 Å². The van der Waals surface area contributed by atoms with Gasteiger partial charge in [-0.1, -0.05) is 30.3 Å². The SMILES string of the molecule is C/C(=C/C(=O)c1ccccc1)NNC(=O)c1ccncc1. The number of hydrogen-bond acceptors (Lipinski definition) is 4. The number of benzene rings is 1. The molecule has 2 N–H and O–H groups in total. The summed E-state index contributed by atoms with van der Waals surface area (Å²) in [6, 6.07) is 12.1. The van der Waals surface area contributed by atoms with Gasteiger partial charge in [0.25, 0.3) is 5.91 Å². The Kier molecular flexibility index (Phi) is 4.82. The molecule has 2 aromatic rings. The van der Waals surface area contributed by atoms with Crippen molar-refractivity contribution in [2.45, 2.75) is 6.92 Å². The van der Waals surface area contributed by atoms with E-state index in [1.807, 2.05) is 6.07 Å². The molecule has 1 aromatic carbocycles. The molecule has 1 aromatic heterocycles. The van der Waals surface area contributed by atoms with E-state index in [1.165, 1.54) is 18.5 Å². The maximum absolute atomic E-state index is 11.9. The van der Waals surface area contributed by atoms with Gasteiger partial charge in [0.15, 0.2) is 5.78 Å². The van der Waals surface area contributed by atoms with Gasteiger partial charge in [-0.3, -0.25) is 20.0 Å². The third-order valence-electron chi connectivity index (χ3n) is 2.72. The smallest absolute Gasteiger partial charge is 0.269 e. The molecule has 0 aliphatic carbocycles. The molecule has 0 radical (unpaired) electrons. The van der Waals surface area contributed by atoms with Gasteiger partial charge in [-0.25, -0.2) is 0 Å². The summed E-state index contributed by atoms with van der Waals surface area (Å²) >= 11 is 0. The molecule has 21 heavy (non-hydrogen) atoms. The Morgan fingerprint density at radius 1 is 0.952 bits per heavy atom. The first kappa shape index (κ1) is 14.5. The fraction of sp³-hybridized carbons (Fsp3) is 0.0625. The molecule has 0 unspecified atom stereocenters. The zero-order chi connectivity index (χ0) is 15.1. The number of pyridine rings is 1. The number of amides is 1. The highest BCUT2D eigenvalue weighted by atomic mass is 16.2. The average Bonchev–Trinajstić information content (AvgIpc) is 2.54. The highest BCUT2D eigenvalue weighted by Gasteiger charge is 2.05. The van der Waals surface area contributed by atoms with E-state index in [-0.39, 0.29) is 11.7 Å². The van der Waals surface area contributed by atoms with Crippen LogP contribution in [0, 0.1) is 0 Å². The Morgan fingerprint density at radius 2 is 1.62 bits per heavy atom. The van der Waals surface area contributed by atoms with Gasteiger partial charge >= 0.3 is 0 Å². The van der Waals surface area contributed by atoms with Crippen molar-refractivity contribution >= 4 is 11.7 Å². The minimum atomic E-state index is -0.294. The number of nitrogens with zero attached hydrogens (tertiary/aromatic N) is 1. The minimum Gasteiger partial charge on any atom is -0.303 e. The molecule has 106 valence electrons. The number of nitrogens with one attached hydrogen (secondary N) is 2. The van der Waals surface area contributed by atoms with Crippen molar-refractivity contribution < 1.29 is 9.59 Å². The van der Waals surface area contributed by atoms with Gasteiger partial charge < -0.3 is 5.43 Å². The number of hydrogen-bond donors (Lipinski definition) is 2. The first-order valence-electron chi connectivity index (χ1n) is 6.41. The average molecular weight is 281 g/mol. The van der Waals surface area contributed by atoms with Crippen LogP contribution in [-0.2, 0) is 0 Å². The van der Waals surface area contributed by atoms with Gasteiger partial charge in [0.2, 0.25) is 0 Å². The molecular weight excluding hydrogens is 266 g/mol. The second kappa shape index (κ2) is 7.00. The van der Waals surface area contributed by atoms with Crippen LogP contribution >= 0.6 is 0 Å². The van der Waals surface area contributed by atoms with Crippen molar-refractivity contribution in [3.05, 3.63) is 77.8 Å². The van der Waals surface area contributed by atoms with E-state index < -0.39 is 0 Å². The van der Waals surface area contributed by atoms with Crippen LogP contribution in [0.5, 0.6) is 0 Å². The molecule has 0 spiro atoms. The van der Waals surface area contributed by atoms with Crippen molar-refractivity contribution in [2.75, 3.05) is 0 Å². The van der Waals surface area contributed by atoms with Crippen molar-refractivity contribution in [3.8, 4) is 0 Å². The molecule has 0 saturated carbocycles. The Bertz CT molecular complexity index is 652. The van der Waals surface area contributed by atoms with Crippen LogP contribution < -0.4 is 10.9 Å². The Labute approximate surface area is 122 Å². The number of allylic oxidation sites excluding steroid dienone is 2. The van der Waals surface area contributed by atoms with E-state index in [1.54, 1.807) is 43.3 Å². The fourth-order valence-corrected chi connectivity index (χ4v) is 1.65. The minimum absolute atomic E-state index is 0.126. The van der Waals surface area contributed by atoms with E-state index in [4.69, 9.17) is 0 Å². The predicted octanol–water partition coefficient (Wildman–Crippen LogP) is 2.10. The molecule has 1 amide bonds. The normalized spacial score (nSPS) is 10.8. The number of aromatic nitrogens is 1. The van der Waals surface area contributed by atoms with E-state index in [0.717, 1.165) is 0 Å². The summed E-state index contributed by atoms with van der Waals surface area (Å²) in [5, 5.41) is 0. The number of ketones is 1. The summed E-state index contributed by atoms with van der Waals surface area (Å²) in [5.74, 6) is -0.420. The third kappa shape index (κ3) is 4.28. The summed E-state index contributed by atoms with van der Waals surface area (Å²) in [4.78, 5) is 27.6. The summed E-state index contributed by atoms with van der Waals surface area (Å²) in [6.45, 7) is 1.70. The molecule has 0 saturated heterocycles. The molecule has 1 heterocycles. The van der Waals surface area contributed by atoms with Crippen LogP contribution in [0.15, 0.2) is 66.6 Å². The summed E-state index contributed by atoms with van der Waals surface area (Å²) < 4.78 is 0. The lowest BCUT2D eigenvalue weighted by atomic mass is 10.1. The summed E-state index contributed by atoms with van der Waals surface area (Å²) in [6.07, 6.45) is 4.51. The van der Waals surface area contributed by atoms with Crippen LogP contribution in [0.2, 0.25) is 0 Å². The maximum atomic E-state index is 11.9. The van der Waals surface area contributed by atoms with Crippen LogP contribution in [0.1, 0.15) is 27.6 Å². The molecule has 0 aliphatic heterocycles. The van der Waals surface area contributed by atoms with Crippen molar-refractivity contribution in [2.24, 2.45) is 0 Å². The number of rotatable bonds is 5. The maximum Gasteiger partial charge on any atom is 0.269 e. The lowest BCUT2D eigenvalue weighted by Crippen LogP contribution is -2.36. The predicted molar refractivity (Wildman–Crippen MR) is 79.4 cm³/mol. The second-order valence-corrected chi connectivity index (χ2v) is 4.37. The van der Waals surface area contributed by atoms with Crippen molar-refractivity contribution in [3.63, 3.8) is 0 Å². The molecule has 0 fully saturated rings. The van der Waals surface area contributed by atoms with Gasteiger partial charge in [0, 0.05) is 35.3 Å². The Morgan fingerprint density at radius 3 is 2.29 bits per heavy atom. The fourth-order valence-electron chi connectivity index (χ4n) is 1.65. The van der Waals surface area contributed by atoms with Crippen LogP contribution in [0.25, 0.3) is 0 Å². The second-order valence-electron chi connectivity index (χ2n) is 4.37. The van der Waals surface area contributed by atoms with Gasteiger partial charge in [0.05, 0.1) is 0 Å². The highest BCUT2D eigenvalue weighted by molar-refractivity contribution is 6.04. The lowest BCUT2D eigenvalue weighted by Gasteiger charge is -2.08. The third-order valence-corrected chi connectivity index (χ3v) is 2.72. The summed E-state index contributed by atoms with van der Waals surface area (Å²) in [7, 11) is 0. The number of carbonyl (C=O) groups is 2. The largest absolute Gasteiger partial charge is 0.303 e. The van der Waals surface area contributed by atoms with Crippen LogP contribution in [-0.4, -0.2) is 16.7 Å². The standard InChI is InChI=1S/C16H15N3O2/c1-12(11-15(20)13-5-3-2-4-6-13)18-19-16(21)14-7-9-17-10-8-14/h2-11,18H,1H3,(H,19,21)/b12-11-. The molecule has 5 heteroatoms. The number of hydrazine groups is 1. The van der Waals surface area contributed by atoms with Crippen molar-refractivity contribution in [1.29, 1.82) is 0 Å². The van der Waals surface area contributed by atoms with Crippen LogP contribution in [0.4, 0.5) is 0 Å². The molecule has 0 atom stereocenters. The van der Waals surface area contributed by atoms with Crippen molar-refractivity contribution in [1.82, 2.24) is 15.8 Å². The first-order chi connectivity index (χ1) is 10.2. The Hall–Kier alpha value is -2.95. The molecule has 0 aliphatic rings. The van der Waals surface area contributed by atoms with Gasteiger partial charge in [0.1, 0.15) is 0 Å². The molecule has 0 bridgehead atoms. The Balaban J connectivity index is 1.93. The molecular formula is C16H15N3O2. The zero-order valence-corrected chi connectivity index (χ0v) is 11.5. The highest BCUT2D eigenvalue weighted by Crippen LogP contribution is 2.02. The lowest BCUT2D eigenvalue weighted by molar-refractivity contribution is 0.0936. The topological polar surface area (TPSA) is 71.1 Å².